The number of aryl methyl sites for hydroxylation is 2. The monoisotopic (exact) mass is 267 g/mol. The third kappa shape index (κ3) is 3.76. The number of nitrogens with one attached hydrogen (secondary N) is 1. The zero-order valence-electron chi connectivity index (χ0n) is 11.3. The van der Waals surface area contributed by atoms with Crippen LogP contribution in [0.2, 0.25) is 0 Å². The fourth-order valence-corrected chi connectivity index (χ4v) is 2.55. The number of hydrogen-bond donors (Lipinski definition) is 2. The molecule has 0 saturated heterocycles. The van der Waals surface area contributed by atoms with Gasteiger partial charge in [-0.1, -0.05) is 18.0 Å². The maximum Gasteiger partial charge on any atom is 0.227 e. The molecular weight excluding hydrogens is 246 g/mol. The number of amides is 1. The lowest BCUT2D eigenvalue weighted by Gasteiger charge is -2.26. The van der Waals surface area contributed by atoms with Gasteiger partial charge < -0.3 is 14.9 Å². The zero-order valence-corrected chi connectivity index (χ0v) is 11.3. The highest BCUT2D eigenvalue weighted by Gasteiger charge is 2.33. The largest absolute Gasteiger partial charge is 0.396 e. The zero-order chi connectivity index (χ0) is 13.7. The van der Waals surface area contributed by atoms with Gasteiger partial charge in [0.15, 0.2) is 5.82 Å². The molecule has 2 N–H and O–H groups in total. The minimum Gasteiger partial charge on any atom is -0.396 e. The van der Waals surface area contributed by atoms with Crippen LogP contribution in [-0.4, -0.2) is 34.3 Å². The molecule has 1 heterocycles. The Balaban J connectivity index is 1.72. The maximum absolute atomic E-state index is 11.8. The van der Waals surface area contributed by atoms with E-state index in [0.717, 1.165) is 25.7 Å². The van der Waals surface area contributed by atoms with Crippen LogP contribution in [0.4, 0.5) is 0 Å². The van der Waals surface area contributed by atoms with E-state index in [2.05, 4.69) is 15.5 Å². The number of hydrogen-bond acceptors (Lipinski definition) is 5. The van der Waals surface area contributed by atoms with E-state index in [1.165, 1.54) is 0 Å². The molecular formula is C13H21N3O3. The van der Waals surface area contributed by atoms with Crippen molar-refractivity contribution in [2.75, 3.05) is 13.2 Å². The van der Waals surface area contributed by atoms with Crippen molar-refractivity contribution in [3.63, 3.8) is 0 Å². The molecule has 1 aliphatic rings. The third-order valence-electron chi connectivity index (χ3n) is 3.80. The third-order valence-corrected chi connectivity index (χ3v) is 3.80. The highest BCUT2D eigenvalue weighted by atomic mass is 16.5. The number of aliphatic hydroxyl groups excluding tert-OH is 1. The second kappa shape index (κ2) is 6.14. The molecule has 19 heavy (non-hydrogen) atoms. The van der Waals surface area contributed by atoms with Gasteiger partial charge in [-0.25, -0.2) is 0 Å². The van der Waals surface area contributed by atoms with Crippen LogP contribution in [0.1, 0.15) is 43.8 Å². The Hall–Kier alpha value is -1.43. The molecule has 6 nitrogen and oxygen atoms in total. The van der Waals surface area contributed by atoms with Gasteiger partial charge in [0, 0.05) is 24.8 Å². The highest BCUT2D eigenvalue weighted by molar-refractivity contribution is 5.76. The Kier molecular flexibility index (Phi) is 4.52. The van der Waals surface area contributed by atoms with E-state index in [4.69, 9.17) is 4.52 Å². The van der Waals surface area contributed by atoms with Crippen LogP contribution in [0.15, 0.2) is 4.52 Å². The molecule has 1 amide bonds. The summed E-state index contributed by atoms with van der Waals surface area (Å²) < 4.78 is 4.95. The molecule has 1 saturated carbocycles. The molecule has 2 rings (SSSR count). The molecule has 0 aliphatic heterocycles. The van der Waals surface area contributed by atoms with Gasteiger partial charge in [-0.2, -0.15) is 4.98 Å². The number of rotatable bonds is 6. The summed E-state index contributed by atoms with van der Waals surface area (Å²) in [5.74, 6) is 1.04. The Morgan fingerprint density at radius 2 is 2.21 bits per heavy atom. The Morgan fingerprint density at radius 1 is 1.47 bits per heavy atom. The lowest BCUT2D eigenvalue weighted by Crippen LogP contribution is -2.38. The molecule has 6 heteroatoms. The van der Waals surface area contributed by atoms with Crippen molar-refractivity contribution in [3.05, 3.63) is 11.7 Å². The number of aromatic nitrogens is 2. The Morgan fingerprint density at radius 3 is 2.79 bits per heavy atom. The summed E-state index contributed by atoms with van der Waals surface area (Å²) in [7, 11) is 0. The Bertz CT molecular complexity index is 425. The van der Waals surface area contributed by atoms with Gasteiger partial charge in [0.1, 0.15) is 0 Å². The van der Waals surface area contributed by atoms with Crippen LogP contribution in [0, 0.1) is 12.3 Å². The summed E-state index contributed by atoms with van der Waals surface area (Å²) in [6.45, 7) is 2.46. The van der Waals surface area contributed by atoms with E-state index in [-0.39, 0.29) is 17.9 Å². The van der Waals surface area contributed by atoms with Gasteiger partial charge in [-0.05, 0) is 19.8 Å². The lowest BCUT2D eigenvalue weighted by atomic mass is 9.87. The van der Waals surface area contributed by atoms with E-state index in [1.807, 2.05) is 0 Å². The first-order valence-electron chi connectivity index (χ1n) is 6.80. The average molecular weight is 267 g/mol. The number of carbonyl (C=O) groups is 1. The lowest BCUT2D eigenvalue weighted by molar-refractivity contribution is -0.121. The van der Waals surface area contributed by atoms with Gasteiger partial charge in [0.05, 0.1) is 6.61 Å². The summed E-state index contributed by atoms with van der Waals surface area (Å²) in [5.41, 5.74) is -0.100. The van der Waals surface area contributed by atoms with E-state index in [9.17, 15) is 9.90 Å². The number of nitrogens with zero attached hydrogens (tertiary/aromatic N) is 2. The molecule has 0 unspecified atom stereocenters. The minimum absolute atomic E-state index is 0.0319. The van der Waals surface area contributed by atoms with E-state index in [1.54, 1.807) is 6.92 Å². The molecule has 106 valence electrons. The van der Waals surface area contributed by atoms with Crippen LogP contribution in [-0.2, 0) is 11.2 Å². The summed E-state index contributed by atoms with van der Waals surface area (Å²) in [5, 5.41) is 16.0. The van der Waals surface area contributed by atoms with Crippen molar-refractivity contribution in [2.24, 2.45) is 5.41 Å². The fraction of sp³-hybridized carbons (Fsp3) is 0.769. The van der Waals surface area contributed by atoms with Crippen molar-refractivity contribution in [1.82, 2.24) is 15.5 Å². The summed E-state index contributed by atoms with van der Waals surface area (Å²) in [4.78, 5) is 15.8. The second-order valence-corrected chi connectivity index (χ2v) is 5.38. The van der Waals surface area contributed by atoms with Crippen LogP contribution >= 0.6 is 0 Å². The molecule has 1 aromatic rings. The average Bonchev–Trinajstić information content (AvgIpc) is 3.04. The molecule has 0 atom stereocenters. The molecule has 0 spiro atoms. The molecule has 0 aromatic carbocycles. The summed E-state index contributed by atoms with van der Waals surface area (Å²) >= 11 is 0. The molecule has 0 bridgehead atoms. The van der Waals surface area contributed by atoms with Crippen LogP contribution < -0.4 is 5.32 Å². The van der Waals surface area contributed by atoms with Crippen LogP contribution in [0.3, 0.4) is 0 Å². The van der Waals surface area contributed by atoms with Crippen LogP contribution in [0.5, 0.6) is 0 Å². The topological polar surface area (TPSA) is 88.2 Å². The van der Waals surface area contributed by atoms with Gasteiger partial charge in [-0.3, -0.25) is 4.79 Å². The first-order chi connectivity index (χ1) is 9.13. The predicted molar refractivity (Wildman–Crippen MR) is 68.4 cm³/mol. The van der Waals surface area contributed by atoms with Crippen molar-refractivity contribution in [2.45, 2.75) is 45.4 Å². The first-order valence-corrected chi connectivity index (χ1v) is 6.80. The molecule has 0 radical (unpaired) electrons. The number of aliphatic hydroxyl groups is 1. The normalized spacial score (nSPS) is 17.6. The summed E-state index contributed by atoms with van der Waals surface area (Å²) in [6.07, 6.45) is 5.05. The smallest absolute Gasteiger partial charge is 0.227 e. The van der Waals surface area contributed by atoms with Crippen molar-refractivity contribution < 1.29 is 14.4 Å². The maximum atomic E-state index is 11.8. The quantitative estimate of drug-likeness (QED) is 0.802. The van der Waals surface area contributed by atoms with E-state index in [0.29, 0.717) is 31.1 Å². The van der Waals surface area contributed by atoms with Crippen molar-refractivity contribution in [1.29, 1.82) is 0 Å². The standard InChI is InChI=1S/C13H21N3O3/c1-10-15-12(19-16-10)5-4-11(18)14-8-13(9-17)6-2-3-7-13/h17H,2-9H2,1H3,(H,14,18). The fourth-order valence-electron chi connectivity index (χ4n) is 2.55. The van der Waals surface area contributed by atoms with Gasteiger partial charge in [0.2, 0.25) is 11.8 Å². The number of carbonyl (C=O) groups excluding carboxylic acids is 1. The van der Waals surface area contributed by atoms with Crippen molar-refractivity contribution in [3.8, 4) is 0 Å². The predicted octanol–water partition coefficient (Wildman–Crippen LogP) is 0.980. The SMILES string of the molecule is Cc1noc(CCC(=O)NCC2(CO)CCCC2)n1. The Labute approximate surface area is 112 Å². The first kappa shape index (κ1) is 14.0. The van der Waals surface area contributed by atoms with E-state index < -0.39 is 0 Å². The van der Waals surface area contributed by atoms with Gasteiger partial charge >= 0.3 is 0 Å². The highest BCUT2D eigenvalue weighted by Crippen LogP contribution is 2.36. The molecule has 1 fully saturated rings. The molecule has 1 aromatic heterocycles. The molecule has 1 aliphatic carbocycles. The van der Waals surface area contributed by atoms with E-state index >= 15 is 0 Å². The minimum atomic E-state index is -0.100. The van der Waals surface area contributed by atoms with Crippen molar-refractivity contribution >= 4 is 5.91 Å². The van der Waals surface area contributed by atoms with Gasteiger partial charge in [0.25, 0.3) is 0 Å². The van der Waals surface area contributed by atoms with Gasteiger partial charge in [-0.15, -0.1) is 0 Å². The summed E-state index contributed by atoms with van der Waals surface area (Å²) in [6, 6.07) is 0. The van der Waals surface area contributed by atoms with Crippen LogP contribution in [0.25, 0.3) is 0 Å². The second-order valence-electron chi connectivity index (χ2n) is 5.38.